The van der Waals surface area contributed by atoms with Gasteiger partial charge in [0.05, 0.1) is 0 Å². The van der Waals surface area contributed by atoms with Crippen LogP contribution in [-0.4, -0.2) is 17.9 Å². The highest BCUT2D eigenvalue weighted by atomic mass is 19.1. The summed E-state index contributed by atoms with van der Waals surface area (Å²) in [6, 6.07) is 2.96. The van der Waals surface area contributed by atoms with Crippen LogP contribution in [0.15, 0.2) is 12.1 Å². The van der Waals surface area contributed by atoms with Crippen LogP contribution in [0.1, 0.15) is 18.1 Å². The third-order valence-corrected chi connectivity index (χ3v) is 2.63. The second-order valence-electron chi connectivity index (χ2n) is 3.83. The molecule has 16 heavy (non-hydrogen) atoms. The number of hydrogen-bond acceptors (Lipinski definition) is 3. The van der Waals surface area contributed by atoms with Gasteiger partial charge in [-0.3, -0.25) is 0 Å². The topological polar surface area (TPSA) is 55.8 Å². The summed E-state index contributed by atoms with van der Waals surface area (Å²) in [6.07, 6.45) is 0. The van der Waals surface area contributed by atoms with Crippen molar-refractivity contribution in [3.8, 4) is 11.5 Å². The van der Waals surface area contributed by atoms with Gasteiger partial charge >= 0.3 is 5.97 Å². The number of aliphatic carboxylic acids is 1. The molecular weight excluding hydrogens is 215 g/mol. The van der Waals surface area contributed by atoms with Gasteiger partial charge in [-0.25, -0.2) is 9.18 Å². The molecule has 0 aromatic heterocycles. The van der Waals surface area contributed by atoms with Crippen molar-refractivity contribution in [2.45, 2.75) is 19.5 Å². The number of halogens is 1. The zero-order chi connectivity index (χ0) is 11.9. The van der Waals surface area contributed by atoms with Gasteiger partial charge in [0.1, 0.15) is 0 Å². The van der Waals surface area contributed by atoms with Gasteiger partial charge in [-0.2, -0.15) is 0 Å². The summed E-state index contributed by atoms with van der Waals surface area (Å²) in [6.45, 7) is 2.73. The van der Waals surface area contributed by atoms with E-state index in [0.29, 0.717) is 17.1 Å². The quantitative estimate of drug-likeness (QED) is 0.837. The Labute approximate surface area is 91.6 Å². The lowest BCUT2D eigenvalue weighted by atomic mass is 9.93. The third-order valence-electron chi connectivity index (χ3n) is 2.63. The van der Waals surface area contributed by atoms with Gasteiger partial charge in [-0.1, -0.05) is 0 Å². The lowest BCUT2D eigenvalue weighted by molar-refractivity contribution is -0.150. The molecular formula is C11H11FO4. The lowest BCUT2D eigenvalue weighted by Gasteiger charge is -2.18. The number of carboxylic acid groups (broad SMARTS) is 1. The second-order valence-corrected chi connectivity index (χ2v) is 3.83. The molecule has 4 nitrogen and oxygen atoms in total. The molecule has 0 saturated carbocycles. The lowest BCUT2D eigenvalue weighted by Crippen LogP contribution is -2.27. The van der Waals surface area contributed by atoms with Crippen LogP contribution in [-0.2, 0) is 10.5 Å². The molecule has 1 aromatic rings. The van der Waals surface area contributed by atoms with Crippen LogP contribution in [0.5, 0.6) is 11.5 Å². The van der Waals surface area contributed by atoms with Gasteiger partial charge < -0.3 is 14.6 Å². The number of rotatable bonds is 2. The summed E-state index contributed by atoms with van der Waals surface area (Å²) in [5.41, 5.74) is -1.81. The number of carbonyl (C=O) groups is 1. The number of ether oxygens (including phenoxy) is 2. The Balaban J connectivity index is 2.54. The van der Waals surface area contributed by atoms with Crippen molar-refractivity contribution < 1.29 is 23.8 Å². The minimum atomic E-state index is -2.43. The van der Waals surface area contributed by atoms with Gasteiger partial charge in [-0.05, 0) is 31.5 Å². The molecule has 1 atom stereocenters. The smallest absolute Gasteiger partial charge is 0.345 e. The van der Waals surface area contributed by atoms with Crippen LogP contribution in [0.3, 0.4) is 0 Å². The van der Waals surface area contributed by atoms with Crippen LogP contribution < -0.4 is 9.47 Å². The molecule has 1 aliphatic rings. The Kier molecular flexibility index (Phi) is 2.26. The van der Waals surface area contributed by atoms with Crippen molar-refractivity contribution in [3.63, 3.8) is 0 Å². The number of fused-ring (bicyclic) bond motifs is 1. The monoisotopic (exact) mass is 226 g/mol. The first-order chi connectivity index (χ1) is 7.43. The Morgan fingerprint density at radius 1 is 1.44 bits per heavy atom. The molecule has 1 aromatic carbocycles. The largest absolute Gasteiger partial charge is 0.479 e. The molecule has 0 aliphatic carbocycles. The molecule has 0 spiro atoms. The zero-order valence-corrected chi connectivity index (χ0v) is 8.91. The van der Waals surface area contributed by atoms with E-state index >= 15 is 0 Å². The first-order valence-corrected chi connectivity index (χ1v) is 4.76. The minimum absolute atomic E-state index is 0.0777. The van der Waals surface area contributed by atoms with E-state index in [9.17, 15) is 9.18 Å². The van der Waals surface area contributed by atoms with E-state index in [0.717, 1.165) is 6.92 Å². The van der Waals surface area contributed by atoms with Crippen molar-refractivity contribution in [3.05, 3.63) is 23.3 Å². The van der Waals surface area contributed by atoms with E-state index in [1.807, 2.05) is 0 Å². The van der Waals surface area contributed by atoms with Crippen LogP contribution in [0.2, 0.25) is 0 Å². The van der Waals surface area contributed by atoms with Crippen LogP contribution >= 0.6 is 0 Å². The predicted octanol–water partition coefficient (Wildman–Crippen LogP) is 1.99. The first kappa shape index (κ1) is 10.7. The van der Waals surface area contributed by atoms with Gasteiger partial charge in [-0.15, -0.1) is 0 Å². The molecule has 0 radical (unpaired) electrons. The maximum Gasteiger partial charge on any atom is 0.345 e. The van der Waals surface area contributed by atoms with Gasteiger partial charge in [0, 0.05) is 5.56 Å². The van der Waals surface area contributed by atoms with E-state index in [4.69, 9.17) is 14.6 Å². The molecule has 5 heteroatoms. The third kappa shape index (κ3) is 1.48. The number of hydrogen-bond donors (Lipinski definition) is 1. The average molecular weight is 226 g/mol. The first-order valence-electron chi connectivity index (χ1n) is 4.76. The van der Waals surface area contributed by atoms with Crippen molar-refractivity contribution in [2.24, 2.45) is 0 Å². The molecule has 86 valence electrons. The second kappa shape index (κ2) is 3.37. The average Bonchev–Trinajstić information content (AvgIpc) is 2.62. The molecule has 1 unspecified atom stereocenters. The summed E-state index contributed by atoms with van der Waals surface area (Å²) >= 11 is 0. The zero-order valence-electron chi connectivity index (χ0n) is 8.91. The summed E-state index contributed by atoms with van der Waals surface area (Å²) in [5.74, 6) is -0.623. The van der Waals surface area contributed by atoms with Crippen molar-refractivity contribution in [1.29, 1.82) is 0 Å². The highest BCUT2D eigenvalue weighted by molar-refractivity contribution is 5.79. The van der Waals surface area contributed by atoms with E-state index in [-0.39, 0.29) is 12.4 Å². The van der Waals surface area contributed by atoms with Gasteiger partial charge in [0.15, 0.2) is 11.5 Å². The molecule has 1 heterocycles. The van der Waals surface area contributed by atoms with E-state index in [1.165, 1.54) is 6.07 Å². The maximum atomic E-state index is 14.0. The Morgan fingerprint density at radius 2 is 2.00 bits per heavy atom. The molecule has 1 aliphatic heterocycles. The fourth-order valence-corrected chi connectivity index (χ4v) is 1.66. The van der Waals surface area contributed by atoms with Crippen molar-refractivity contribution >= 4 is 5.97 Å². The van der Waals surface area contributed by atoms with E-state index < -0.39 is 11.6 Å². The normalized spacial score (nSPS) is 16.9. The minimum Gasteiger partial charge on any atom is -0.479 e. The van der Waals surface area contributed by atoms with Gasteiger partial charge in [0.25, 0.3) is 0 Å². The fraction of sp³-hybridized carbons (Fsp3) is 0.364. The maximum absolute atomic E-state index is 14.0. The molecule has 2 rings (SSSR count). The molecule has 0 bridgehead atoms. The molecule has 0 saturated heterocycles. The van der Waals surface area contributed by atoms with Crippen molar-refractivity contribution in [2.75, 3.05) is 6.79 Å². The van der Waals surface area contributed by atoms with E-state index in [1.54, 1.807) is 13.0 Å². The standard InChI is InChI=1S/C11H11FO4/c1-6-3-8-9(16-5-15-8)4-7(6)11(2,12)10(13)14/h3-4H,5H2,1-2H3,(H,13,14). The summed E-state index contributed by atoms with van der Waals surface area (Å²) in [5, 5.41) is 8.82. The van der Waals surface area contributed by atoms with E-state index in [2.05, 4.69) is 0 Å². The van der Waals surface area contributed by atoms with Gasteiger partial charge in [0.2, 0.25) is 12.5 Å². The Bertz CT molecular complexity index is 454. The summed E-state index contributed by atoms with van der Waals surface area (Å²) in [7, 11) is 0. The van der Waals surface area contributed by atoms with Crippen LogP contribution in [0.4, 0.5) is 4.39 Å². The summed E-state index contributed by atoms with van der Waals surface area (Å²) in [4.78, 5) is 10.8. The Morgan fingerprint density at radius 3 is 2.56 bits per heavy atom. The molecule has 1 N–H and O–H groups in total. The number of carboxylic acids is 1. The number of benzene rings is 1. The highest BCUT2D eigenvalue weighted by Crippen LogP contribution is 2.39. The summed E-state index contributed by atoms with van der Waals surface area (Å²) < 4.78 is 24.2. The SMILES string of the molecule is Cc1cc2c(cc1C(C)(F)C(=O)O)OCO2. The number of alkyl halides is 1. The molecule has 0 amide bonds. The van der Waals surface area contributed by atoms with Crippen molar-refractivity contribution in [1.82, 2.24) is 0 Å². The fourth-order valence-electron chi connectivity index (χ4n) is 1.66. The molecule has 0 fully saturated rings. The van der Waals surface area contributed by atoms with Crippen LogP contribution in [0.25, 0.3) is 0 Å². The van der Waals surface area contributed by atoms with Crippen LogP contribution in [0, 0.1) is 6.92 Å². The Hall–Kier alpha value is -1.78. The predicted molar refractivity (Wildman–Crippen MR) is 53.4 cm³/mol. The number of aryl methyl sites for hydroxylation is 1. The highest BCUT2D eigenvalue weighted by Gasteiger charge is 2.37.